The van der Waals surface area contributed by atoms with Gasteiger partial charge in [0.1, 0.15) is 0 Å². The first-order chi connectivity index (χ1) is 50.3. The number of pyridine rings is 2. The molecular formula is C97H72BBrN2O2. The first-order valence-electron chi connectivity index (χ1n) is 34.5. The lowest BCUT2D eigenvalue weighted by Crippen LogP contribution is -2.33. The number of hydrogen-bond donors (Lipinski definition) is 2. The van der Waals surface area contributed by atoms with E-state index in [1.807, 2.05) is 78.9 Å². The standard InChI is InChI=1S/C48H33N.C25H19BO2.C23H16BrN.CH4/c1-5-16-34(17-6-1)46-32-39(33-47(49-46)35-18-7-2-8-19-35)37-21-15-20-36(30-37)38-28-29-43-42-26-13-14-27-44(42)48(45(43)31-38,40-22-9-3-10-23-40)41-24-11-4-12-25-41;27-26(28)20-15-16-22-21-13-7-8-14-23(21)25(24(22)17-20,18-9-3-1-4-10-18)19-11-5-2-6-12-19;24-21-13-7-12-19(14-21)20-15-22(17-8-3-1-4-9-17)25-23(16-20)18-10-5-2-6-11-18;/h1-33H;1-17,27-28H;1-16H;1H4. The maximum absolute atomic E-state index is 9.84. The summed E-state index contributed by atoms with van der Waals surface area (Å²) < 4.78 is 1.07. The van der Waals surface area contributed by atoms with Crippen LogP contribution in [0, 0.1) is 0 Å². The van der Waals surface area contributed by atoms with Crippen molar-refractivity contribution in [2.24, 2.45) is 0 Å². The average molecular weight is 1390 g/mol. The molecule has 2 N–H and O–H groups in total. The third-order valence-corrected chi connectivity index (χ3v) is 20.3. The van der Waals surface area contributed by atoms with Crippen molar-refractivity contribution in [1.29, 1.82) is 0 Å². The van der Waals surface area contributed by atoms with Gasteiger partial charge in [-0.1, -0.05) is 375 Å². The van der Waals surface area contributed by atoms with E-state index in [9.17, 15) is 10.0 Å². The second-order valence-electron chi connectivity index (χ2n) is 25.8. The third-order valence-electron chi connectivity index (χ3n) is 19.9. The fraction of sp³-hybridized carbons (Fsp3) is 0.0309. The molecule has 2 aromatic heterocycles. The highest BCUT2D eigenvalue weighted by molar-refractivity contribution is 9.10. The van der Waals surface area contributed by atoms with E-state index in [2.05, 4.69) is 331 Å². The summed E-state index contributed by atoms with van der Waals surface area (Å²) in [6.07, 6.45) is 0. The van der Waals surface area contributed by atoms with Gasteiger partial charge in [0.2, 0.25) is 0 Å². The van der Waals surface area contributed by atoms with Crippen LogP contribution in [0.5, 0.6) is 0 Å². The molecule has 103 heavy (non-hydrogen) atoms. The van der Waals surface area contributed by atoms with Crippen LogP contribution in [-0.4, -0.2) is 27.1 Å². The Hall–Kier alpha value is -12.2. The van der Waals surface area contributed by atoms with Crippen LogP contribution in [0.15, 0.2) is 405 Å². The lowest BCUT2D eigenvalue weighted by atomic mass is 9.66. The van der Waals surface area contributed by atoms with Gasteiger partial charge in [-0.15, -0.1) is 0 Å². The van der Waals surface area contributed by atoms with E-state index in [-0.39, 0.29) is 7.43 Å². The number of halogens is 1. The van der Waals surface area contributed by atoms with Crippen molar-refractivity contribution in [2.75, 3.05) is 0 Å². The van der Waals surface area contributed by atoms with Crippen LogP contribution in [0.1, 0.15) is 51.9 Å². The Morgan fingerprint density at radius 1 is 0.223 bits per heavy atom. The molecule has 14 aromatic carbocycles. The van der Waals surface area contributed by atoms with Crippen LogP contribution in [0.2, 0.25) is 0 Å². The van der Waals surface area contributed by atoms with Crippen molar-refractivity contribution in [3.05, 3.63) is 449 Å². The topological polar surface area (TPSA) is 66.2 Å². The molecule has 2 heterocycles. The summed E-state index contributed by atoms with van der Waals surface area (Å²) >= 11 is 3.57. The van der Waals surface area contributed by atoms with Crippen molar-refractivity contribution >= 4 is 28.5 Å². The van der Waals surface area contributed by atoms with Crippen LogP contribution < -0.4 is 5.46 Å². The van der Waals surface area contributed by atoms with Gasteiger partial charge in [0, 0.05) is 26.7 Å². The lowest BCUT2D eigenvalue weighted by Gasteiger charge is -2.34. The van der Waals surface area contributed by atoms with Gasteiger partial charge in [-0.05, 0) is 154 Å². The highest BCUT2D eigenvalue weighted by atomic mass is 79.9. The van der Waals surface area contributed by atoms with E-state index in [4.69, 9.17) is 9.97 Å². The van der Waals surface area contributed by atoms with Gasteiger partial charge in [0.15, 0.2) is 0 Å². The van der Waals surface area contributed by atoms with Crippen molar-refractivity contribution < 1.29 is 10.0 Å². The number of hydrogen-bond acceptors (Lipinski definition) is 4. The van der Waals surface area contributed by atoms with E-state index < -0.39 is 17.9 Å². The fourth-order valence-corrected chi connectivity index (χ4v) is 15.6. The number of nitrogens with zero attached hydrogens (tertiary/aromatic N) is 2. The molecule has 0 unspecified atom stereocenters. The number of rotatable bonds is 12. The maximum Gasteiger partial charge on any atom is 0.488 e. The Morgan fingerprint density at radius 3 is 0.874 bits per heavy atom. The third kappa shape index (κ3) is 12.9. The monoisotopic (exact) mass is 1390 g/mol. The molecule has 0 saturated carbocycles. The Labute approximate surface area is 612 Å². The predicted molar refractivity (Wildman–Crippen MR) is 432 cm³/mol. The van der Waals surface area contributed by atoms with Gasteiger partial charge in [-0.25, -0.2) is 9.97 Å². The van der Waals surface area contributed by atoms with E-state index in [1.165, 1.54) is 61.2 Å². The minimum Gasteiger partial charge on any atom is -0.423 e. The zero-order chi connectivity index (χ0) is 68.8. The smallest absolute Gasteiger partial charge is 0.423 e. The maximum atomic E-state index is 9.84. The first-order valence-corrected chi connectivity index (χ1v) is 35.3. The first kappa shape index (κ1) is 66.7. The van der Waals surface area contributed by atoms with E-state index in [1.54, 1.807) is 6.07 Å². The molecule has 2 aliphatic rings. The van der Waals surface area contributed by atoms with Crippen LogP contribution in [0.25, 0.3) is 101 Å². The van der Waals surface area contributed by atoms with Gasteiger partial charge >= 0.3 is 7.12 Å². The molecule has 0 spiro atoms. The van der Waals surface area contributed by atoms with Gasteiger partial charge < -0.3 is 10.0 Å². The molecule has 2 aliphatic carbocycles. The highest BCUT2D eigenvalue weighted by Crippen LogP contribution is 2.58. The summed E-state index contributed by atoms with van der Waals surface area (Å²) in [6, 6.07) is 141. The fourth-order valence-electron chi connectivity index (χ4n) is 15.2. The molecule has 0 saturated heterocycles. The molecular weight excluding hydrogens is 1320 g/mol. The molecule has 6 heteroatoms. The SMILES string of the molecule is Brc1cccc(-c2cc(-c3ccccc3)nc(-c3ccccc3)c2)c1.C.OB(O)c1ccc2c(c1)C(c1ccccc1)(c1ccccc1)c1ccccc1-2.c1ccc(-c2cc(-c3cccc(-c4ccc5c(c4)C(c4ccccc4)(c4ccccc4)c4ccccc4-5)c3)cc(-c3ccccc3)n2)cc1. The zero-order valence-electron chi connectivity index (χ0n) is 55.8. The summed E-state index contributed by atoms with van der Waals surface area (Å²) in [4.78, 5) is 10.0. The Kier molecular flexibility index (Phi) is 19.2. The van der Waals surface area contributed by atoms with E-state index in [0.29, 0.717) is 5.46 Å². The average Bonchev–Trinajstić information content (AvgIpc) is 1.55. The van der Waals surface area contributed by atoms with Gasteiger partial charge in [-0.2, -0.15) is 0 Å². The van der Waals surface area contributed by atoms with E-state index in [0.717, 1.165) is 88.4 Å². The van der Waals surface area contributed by atoms with Gasteiger partial charge in [-0.3, -0.25) is 0 Å². The second kappa shape index (κ2) is 29.6. The normalized spacial score (nSPS) is 12.3. The summed E-state index contributed by atoms with van der Waals surface area (Å²) in [6.45, 7) is 0. The van der Waals surface area contributed by atoms with Crippen molar-refractivity contribution in [3.8, 4) is 101 Å². The lowest BCUT2D eigenvalue weighted by molar-refractivity contribution is 0.425. The summed E-state index contributed by atoms with van der Waals surface area (Å²) in [7, 11) is -1.50. The molecule has 0 aliphatic heterocycles. The largest absolute Gasteiger partial charge is 0.488 e. The predicted octanol–water partition coefficient (Wildman–Crippen LogP) is 23.3. The molecule has 0 amide bonds. The van der Waals surface area contributed by atoms with Gasteiger partial charge in [0.25, 0.3) is 0 Å². The Bertz CT molecular complexity index is 5410. The van der Waals surface area contributed by atoms with E-state index >= 15 is 0 Å². The number of benzene rings is 14. The Morgan fingerprint density at radius 2 is 0.505 bits per heavy atom. The molecule has 0 radical (unpaired) electrons. The molecule has 0 fully saturated rings. The van der Waals surface area contributed by atoms with Crippen molar-refractivity contribution in [2.45, 2.75) is 18.3 Å². The number of aromatic nitrogens is 2. The summed E-state index contributed by atoms with van der Waals surface area (Å²) in [5, 5.41) is 19.7. The molecule has 4 nitrogen and oxygen atoms in total. The summed E-state index contributed by atoms with van der Waals surface area (Å²) in [5.41, 5.74) is 29.7. The highest BCUT2D eigenvalue weighted by Gasteiger charge is 2.48. The molecule has 16 aromatic rings. The van der Waals surface area contributed by atoms with Crippen molar-refractivity contribution in [3.63, 3.8) is 0 Å². The second-order valence-corrected chi connectivity index (χ2v) is 26.7. The molecule has 492 valence electrons. The molecule has 0 bridgehead atoms. The quantitative estimate of drug-likeness (QED) is 0.120. The Balaban J connectivity index is 0.000000135. The summed E-state index contributed by atoms with van der Waals surface area (Å²) in [5.74, 6) is 0. The zero-order valence-corrected chi connectivity index (χ0v) is 57.4. The van der Waals surface area contributed by atoms with Crippen LogP contribution >= 0.6 is 15.9 Å². The van der Waals surface area contributed by atoms with Crippen LogP contribution in [-0.2, 0) is 10.8 Å². The van der Waals surface area contributed by atoms with Crippen LogP contribution in [0.4, 0.5) is 0 Å². The van der Waals surface area contributed by atoms with Crippen LogP contribution in [0.3, 0.4) is 0 Å². The minimum atomic E-state index is -1.50. The van der Waals surface area contributed by atoms with Crippen molar-refractivity contribution in [1.82, 2.24) is 9.97 Å². The van der Waals surface area contributed by atoms with Gasteiger partial charge in [0.05, 0.1) is 33.6 Å². The molecule has 18 rings (SSSR count). The molecule has 0 atom stereocenters. The minimum absolute atomic E-state index is 0. The number of fused-ring (bicyclic) bond motifs is 6.